The first-order valence-electron chi connectivity index (χ1n) is 11.5. The van der Waals surface area contributed by atoms with Gasteiger partial charge in [0, 0.05) is 12.0 Å². The molecule has 158 valence electrons. The zero-order valence-corrected chi connectivity index (χ0v) is 17.3. The molecule has 4 saturated carbocycles. The van der Waals surface area contributed by atoms with E-state index in [4.69, 9.17) is 4.74 Å². The van der Waals surface area contributed by atoms with Crippen molar-refractivity contribution in [2.75, 3.05) is 32.8 Å². The third-order valence-corrected chi connectivity index (χ3v) is 8.10. The Hall–Kier alpha value is -1.46. The Morgan fingerprint density at radius 2 is 1.66 bits per heavy atom. The first-order valence-corrected chi connectivity index (χ1v) is 11.5. The Balaban J connectivity index is 1.23. The second-order valence-corrected chi connectivity index (χ2v) is 10.3. The number of hydrogen-bond acceptors (Lipinski definition) is 2. The zero-order chi connectivity index (χ0) is 19.8. The molecule has 0 radical (unpaired) electrons. The normalized spacial score (nSPS) is 34.9. The lowest BCUT2D eigenvalue weighted by Gasteiger charge is -2.56. The number of carbonyl (C=O) groups excluding carboxylic acids is 1. The lowest BCUT2D eigenvalue weighted by Crippen LogP contribution is -3.15. The summed E-state index contributed by atoms with van der Waals surface area (Å²) in [6.07, 6.45) is 8.73. The van der Waals surface area contributed by atoms with Crippen molar-refractivity contribution in [3.63, 3.8) is 0 Å². The van der Waals surface area contributed by atoms with Crippen LogP contribution in [-0.2, 0) is 9.53 Å². The van der Waals surface area contributed by atoms with Crippen LogP contribution in [0.4, 0.5) is 4.39 Å². The fourth-order valence-electron chi connectivity index (χ4n) is 7.30. The molecule has 6 rings (SSSR count). The van der Waals surface area contributed by atoms with Gasteiger partial charge in [0.05, 0.1) is 19.8 Å². The van der Waals surface area contributed by atoms with Crippen LogP contribution in [0, 0.1) is 29.0 Å². The standard InChI is InChI=1S/C24H33FN2O2/c25-21-3-1-20(2-4-21)22(27-5-7-29-8-6-27)16-26-23(28)15-24-12-17-9-18(13-24)11-19(10-17)14-24/h1-4,17-19,22H,5-16H2,(H,26,28)/p+1/t17?,18?,19?,22-,24?/m1/s1. The highest BCUT2D eigenvalue weighted by molar-refractivity contribution is 5.76. The van der Waals surface area contributed by atoms with Crippen LogP contribution in [0.5, 0.6) is 0 Å². The molecule has 4 aliphatic carbocycles. The lowest BCUT2D eigenvalue weighted by molar-refractivity contribution is -0.937. The Morgan fingerprint density at radius 3 is 2.24 bits per heavy atom. The molecule has 29 heavy (non-hydrogen) atoms. The maximum atomic E-state index is 13.4. The summed E-state index contributed by atoms with van der Waals surface area (Å²) in [5.41, 5.74) is 1.37. The molecule has 5 fully saturated rings. The minimum Gasteiger partial charge on any atom is -0.370 e. The molecule has 1 aliphatic heterocycles. The SMILES string of the molecule is O=C(CC12CC3CC(CC(C3)C1)C2)NC[C@H](c1ccc(F)cc1)[NH+]1CCOCC1. The summed E-state index contributed by atoms with van der Waals surface area (Å²) < 4.78 is 18.9. The molecule has 1 saturated heterocycles. The zero-order valence-electron chi connectivity index (χ0n) is 17.3. The molecule has 1 heterocycles. The highest BCUT2D eigenvalue weighted by Crippen LogP contribution is 2.61. The van der Waals surface area contributed by atoms with E-state index in [1.54, 1.807) is 0 Å². The average Bonchev–Trinajstić information content (AvgIpc) is 2.69. The summed E-state index contributed by atoms with van der Waals surface area (Å²) in [6.45, 7) is 3.95. The molecule has 4 bridgehead atoms. The van der Waals surface area contributed by atoms with E-state index in [0.29, 0.717) is 13.0 Å². The highest BCUT2D eigenvalue weighted by atomic mass is 19.1. The third-order valence-electron chi connectivity index (χ3n) is 8.10. The van der Waals surface area contributed by atoms with Crippen LogP contribution in [0.15, 0.2) is 24.3 Å². The number of amides is 1. The quantitative estimate of drug-likeness (QED) is 0.769. The predicted molar refractivity (Wildman–Crippen MR) is 109 cm³/mol. The minimum atomic E-state index is -0.213. The molecule has 2 N–H and O–H groups in total. The first-order chi connectivity index (χ1) is 14.1. The van der Waals surface area contributed by atoms with Gasteiger partial charge in [-0.15, -0.1) is 0 Å². The van der Waals surface area contributed by atoms with Gasteiger partial charge < -0.3 is 15.0 Å². The van der Waals surface area contributed by atoms with Crippen LogP contribution in [-0.4, -0.2) is 38.8 Å². The van der Waals surface area contributed by atoms with Crippen LogP contribution >= 0.6 is 0 Å². The summed E-state index contributed by atoms with van der Waals surface area (Å²) in [6, 6.07) is 6.94. The molecular weight excluding hydrogens is 367 g/mol. The molecule has 1 amide bonds. The molecule has 0 unspecified atom stereocenters. The Labute approximate surface area is 173 Å². The third kappa shape index (κ3) is 4.22. The average molecular weight is 402 g/mol. The number of nitrogens with one attached hydrogen (secondary N) is 2. The van der Waals surface area contributed by atoms with Gasteiger partial charge in [-0.25, -0.2) is 4.39 Å². The highest BCUT2D eigenvalue weighted by Gasteiger charge is 2.51. The predicted octanol–water partition coefficient (Wildman–Crippen LogP) is 2.50. The van der Waals surface area contributed by atoms with Crippen molar-refractivity contribution in [2.45, 2.75) is 51.0 Å². The van der Waals surface area contributed by atoms with Gasteiger partial charge in [-0.1, -0.05) is 12.1 Å². The van der Waals surface area contributed by atoms with Crippen molar-refractivity contribution in [3.8, 4) is 0 Å². The van der Waals surface area contributed by atoms with Gasteiger partial charge in [0.1, 0.15) is 24.9 Å². The van der Waals surface area contributed by atoms with Gasteiger partial charge in [-0.05, 0) is 73.8 Å². The fraction of sp³-hybridized carbons (Fsp3) is 0.708. The van der Waals surface area contributed by atoms with Crippen molar-refractivity contribution in [2.24, 2.45) is 23.2 Å². The molecule has 4 nitrogen and oxygen atoms in total. The molecular formula is C24H34FN2O2+. The van der Waals surface area contributed by atoms with Gasteiger partial charge in [0.2, 0.25) is 5.91 Å². The largest absolute Gasteiger partial charge is 0.370 e. The smallest absolute Gasteiger partial charge is 0.220 e. The van der Waals surface area contributed by atoms with E-state index in [1.165, 1.54) is 55.6 Å². The number of ether oxygens (including phenoxy) is 1. The van der Waals surface area contributed by atoms with Crippen LogP contribution in [0.1, 0.15) is 56.6 Å². The number of halogens is 1. The molecule has 5 heteroatoms. The second-order valence-electron chi connectivity index (χ2n) is 10.3. The van der Waals surface area contributed by atoms with Crippen LogP contribution in [0.3, 0.4) is 0 Å². The van der Waals surface area contributed by atoms with Crippen molar-refractivity contribution < 1.29 is 18.8 Å². The summed E-state index contributed by atoms with van der Waals surface area (Å²) >= 11 is 0. The van der Waals surface area contributed by atoms with Gasteiger partial charge in [0.25, 0.3) is 0 Å². The second kappa shape index (κ2) is 7.99. The molecule has 0 spiro atoms. The Kier molecular flexibility index (Phi) is 5.37. The van der Waals surface area contributed by atoms with Crippen molar-refractivity contribution in [1.82, 2.24) is 5.32 Å². The van der Waals surface area contributed by atoms with Gasteiger partial charge >= 0.3 is 0 Å². The van der Waals surface area contributed by atoms with E-state index in [1.807, 2.05) is 12.1 Å². The van der Waals surface area contributed by atoms with Gasteiger partial charge in [-0.3, -0.25) is 4.79 Å². The maximum Gasteiger partial charge on any atom is 0.220 e. The fourth-order valence-corrected chi connectivity index (χ4v) is 7.30. The van der Waals surface area contributed by atoms with Crippen LogP contribution in [0.2, 0.25) is 0 Å². The summed E-state index contributed by atoms with van der Waals surface area (Å²) in [5, 5.41) is 3.27. The number of hydrogen-bond donors (Lipinski definition) is 2. The lowest BCUT2D eigenvalue weighted by atomic mass is 9.49. The number of carbonyl (C=O) groups is 1. The number of rotatable bonds is 6. The maximum absolute atomic E-state index is 13.4. The van der Waals surface area contributed by atoms with Crippen LogP contribution < -0.4 is 10.2 Å². The van der Waals surface area contributed by atoms with E-state index < -0.39 is 0 Å². The van der Waals surface area contributed by atoms with E-state index in [0.717, 1.165) is 49.6 Å². The van der Waals surface area contributed by atoms with E-state index in [-0.39, 0.29) is 23.2 Å². The minimum absolute atomic E-state index is 0.153. The molecule has 1 aromatic rings. The van der Waals surface area contributed by atoms with Gasteiger partial charge in [-0.2, -0.15) is 0 Å². The topological polar surface area (TPSA) is 42.8 Å². The number of morpholine rings is 1. The van der Waals surface area contributed by atoms with E-state index >= 15 is 0 Å². The monoisotopic (exact) mass is 401 g/mol. The molecule has 5 aliphatic rings. The summed E-state index contributed by atoms with van der Waals surface area (Å²) in [4.78, 5) is 14.4. The molecule has 1 atom stereocenters. The Morgan fingerprint density at radius 1 is 1.07 bits per heavy atom. The summed E-state index contributed by atoms with van der Waals surface area (Å²) in [5.74, 6) is 2.62. The first kappa shape index (κ1) is 19.5. The summed E-state index contributed by atoms with van der Waals surface area (Å²) in [7, 11) is 0. The van der Waals surface area contributed by atoms with E-state index in [9.17, 15) is 9.18 Å². The number of quaternary nitrogens is 1. The van der Waals surface area contributed by atoms with Crippen molar-refractivity contribution in [1.29, 1.82) is 0 Å². The van der Waals surface area contributed by atoms with Crippen molar-refractivity contribution in [3.05, 3.63) is 35.6 Å². The number of benzene rings is 1. The Bertz CT molecular complexity index is 694. The van der Waals surface area contributed by atoms with Crippen molar-refractivity contribution >= 4 is 5.91 Å². The van der Waals surface area contributed by atoms with Gasteiger partial charge in [0.15, 0.2) is 0 Å². The van der Waals surface area contributed by atoms with E-state index in [2.05, 4.69) is 5.32 Å². The molecule has 1 aromatic carbocycles. The van der Waals surface area contributed by atoms with Crippen LogP contribution in [0.25, 0.3) is 0 Å². The molecule has 0 aromatic heterocycles.